The van der Waals surface area contributed by atoms with Crippen LogP contribution in [0.15, 0.2) is 90.2 Å². The molecule has 3 N–H and O–H groups in total. The van der Waals surface area contributed by atoms with Crippen molar-refractivity contribution in [2.24, 2.45) is 5.10 Å². The minimum absolute atomic E-state index is 0.0177. The molecule has 39 heavy (non-hydrogen) atoms. The third-order valence-corrected chi connectivity index (χ3v) is 5.69. The first-order valence-electron chi connectivity index (χ1n) is 12.0. The van der Waals surface area contributed by atoms with Crippen LogP contribution in [0, 0.1) is 0 Å². The second kappa shape index (κ2) is 11.7. The number of fused-ring (bicyclic) bond motifs is 1. The predicted octanol–water partition coefficient (Wildman–Crippen LogP) is 3.75. The van der Waals surface area contributed by atoms with Gasteiger partial charge in [0, 0.05) is 16.6 Å². The van der Waals surface area contributed by atoms with E-state index in [-0.39, 0.29) is 25.0 Å². The number of anilines is 1. The van der Waals surface area contributed by atoms with Crippen molar-refractivity contribution in [3.8, 4) is 11.5 Å². The van der Waals surface area contributed by atoms with Gasteiger partial charge in [-0.1, -0.05) is 23.4 Å². The number of H-pyrrole nitrogens is 1. The zero-order chi connectivity index (χ0) is 27.0. The highest BCUT2D eigenvalue weighted by molar-refractivity contribution is 5.98. The topological polar surface area (TPSA) is 136 Å². The third-order valence-electron chi connectivity index (χ3n) is 5.69. The normalized spacial score (nSPS) is 11.0. The zero-order valence-electron chi connectivity index (χ0n) is 21.0. The SMILES string of the molecule is COc1ccc(NC(=O)Cn2cc(COc3ccc(/C=N/NC(=O)c4cc5ccccc5[nH]4)cc3)nn2)cc1. The van der Waals surface area contributed by atoms with Crippen LogP contribution in [0.25, 0.3) is 10.9 Å². The maximum Gasteiger partial charge on any atom is 0.287 e. The van der Waals surface area contributed by atoms with E-state index >= 15 is 0 Å². The van der Waals surface area contributed by atoms with Gasteiger partial charge in [-0.15, -0.1) is 5.10 Å². The standard InChI is InChI=1S/C28H25N7O4/c1-38-23-12-8-21(9-13-23)30-27(36)17-35-16-22(32-34-35)18-39-24-10-6-19(7-11-24)15-29-33-28(37)26-14-20-4-2-3-5-25(20)31-26/h2-16,31H,17-18H2,1H3,(H,30,36)(H,33,37)/b29-15+. The summed E-state index contributed by atoms with van der Waals surface area (Å²) in [5.41, 5.74) is 5.87. The number of benzene rings is 3. The largest absolute Gasteiger partial charge is 0.497 e. The van der Waals surface area contributed by atoms with Gasteiger partial charge in [-0.25, -0.2) is 10.1 Å². The first-order valence-corrected chi connectivity index (χ1v) is 12.0. The van der Waals surface area contributed by atoms with Gasteiger partial charge in [0.25, 0.3) is 5.91 Å². The summed E-state index contributed by atoms with van der Waals surface area (Å²) in [6.45, 7) is 0.206. The highest BCUT2D eigenvalue weighted by atomic mass is 16.5. The van der Waals surface area contributed by atoms with E-state index in [9.17, 15) is 9.59 Å². The van der Waals surface area contributed by atoms with Crippen LogP contribution in [0.1, 0.15) is 21.7 Å². The molecule has 0 aliphatic heterocycles. The Morgan fingerprint density at radius 1 is 1.03 bits per heavy atom. The molecule has 2 aromatic heterocycles. The molecule has 11 nitrogen and oxygen atoms in total. The molecule has 196 valence electrons. The highest BCUT2D eigenvalue weighted by Gasteiger charge is 2.09. The van der Waals surface area contributed by atoms with Crippen molar-refractivity contribution in [2.75, 3.05) is 12.4 Å². The second-order valence-electron chi connectivity index (χ2n) is 8.51. The van der Waals surface area contributed by atoms with Crippen LogP contribution >= 0.6 is 0 Å². The van der Waals surface area contributed by atoms with Gasteiger partial charge in [0.1, 0.15) is 36.0 Å². The summed E-state index contributed by atoms with van der Waals surface area (Å²) < 4.78 is 12.3. The van der Waals surface area contributed by atoms with Crippen molar-refractivity contribution in [1.29, 1.82) is 0 Å². The van der Waals surface area contributed by atoms with Gasteiger partial charge in [0.2, 0.25) is 5.91 Å². The van der Waals surface area contributed by atoms with Crippen LogP contribution in [0.3, 0.4) is 0 Å². The van der Waals surface area contributed by atoms with Crippen molar-refractivity contribution in [3.05, 3.63) is 102 Å². The summed E-state index contributed by atoms with van der Waals surface area (Å²) in [5, 5.41) is 15.8. The number of carbonyl (C=O) groups excluding carboxylic acids is 2. The summed E-state index contributed by atoms with van der Waals surface area (Å²) in [4.78, 5) is 27.7. The quantitative estimate of drug-likeness (QED) is 0.188. The van der Waals surface area contributed by atoms with Crippen molar-refractivity contribution in [1.82, 2.24) is 25.4 Å². The summed E-state index contributed by atoms with van der Waals surface area (Å²) in [7, 11) is 1.58. The fourth-order valence-corrected chi connectivity index (χ4v) is 3.73. The van der Waals surface area contributed by atoms with Crippen molar-refractivity contribution >= 4 is 34.6 Å². The number of hydrogen-bond donors (Lipinski definition) is 3. The van der Waals surface area contributed by atoms with Crippen molar-refractivity contribution in [3.63, 3.8) is 0 Å². The number of aromatic amines is 1. The Labute approximate surface area is 223 Å². The van der Waals surface area contributed by atoms with Crippen LogP contribution in [-0.4, -0.2) is 45.1 Å². The first kappa shape index (κ1) is 25.2. The van der Waals surface area contributed by atoms with E-state index in [1.165, 1.54) is 4.68 Å². The van der Waals surface area contributed by atoms with Crippen LogP contribution in [0.2, 0.25) is 0 Å². The Balaban J connectivity index is 1.07. The fourth-order valence-electron chi connectivity index (χ4n) is 3.73. The third kappa shape index (κ3) is 6.66. The number of amides is 2. The average molecular weight is 524 g/mol. The lowest BCUT2D eigenvalue weighted by molar-refractivity contribution is -0.116. The molecule has 0 saturated carbocycles. The number of rotatable bonds is 10. The molecular formula is C28H25N7O4. The summed E-state index contributed by atoms with van der Waals surface area (Å²) in [6, 6.07) is 23.7. The van der Waals surface area contributed by atoms with E-state index in [1.807, 2.05) is 36.4 Å². The number of hydrogen-bond acceptors (Lipinski definition) is 7. The minimum Gasteiger partial charge on any atom is -0.497 e. The molecule has 2 amide bonds. The molecule has 3 aromatic carbocycles. The molecule has 0 bridgehead atoms. The van der Waals surface area contributed by atoms with E-state index in [2.05, 4.69) is 31.1 Å². The van der Waals surface area contributed by atoms with Crippen molar-refractivity contribution < 1.29 is 19.1 Å². The molecule has 0 atom stereocenters. The average Bonchev–Trinajstić information content (AvgIpc) is 3.60. The fraction of sp³-hybridized carbons (Fsp3) is 0.107. The molecule has 0 aliphatic carbocycles. The van der Waals surface area contributed by atoms with Crippen LogP contribution in [0.5, 0.6) is 11.5 Å². The monoisotopic (exact) mass is 523 g/mol. The van der Waals surface area contributed by atoms with Gasteiger partial charge in [-0.3, -0.25) is 9.59 Å². The lowest BCUT2D eigenvalue weighted by Crippen LogP contribution is -2.19. The second-order valence-corrected chi connectivity index (χ2v) is 8.51. The number of para-hydroxylation sites is 1. The number of carbonyl (C=O) groups is 2. The molecule has 5 rings (SSSR count). The molecule has 0 aliphatic rings. The van der Waals surface area contributed by atoms with Gasteiger partial charge in [-0.2, -0.15) is 5.10 Å². The lowest BCUT2D eigenvalue weighted by Gasteiger charge is -2.06. The molecule has 11 heteroatoms. The van der Waals surface area contributed by atoms with Crippen LogP contribution in [-0.2, 0) is 17.9 Å². The molecule has 0 fully saturated rings. The highest BCUT2D eigenvalue weighted by Crippen LogP contribution is 2.16. The summed E-state index contributed by atoms with van der Waals surface area (Å²) in [5.74, 6) is 0.782. The molecule has 5 aromatic rings. The number of ether oxygens (including phenoxy) is 2. The predicted molar refractivity (Wildman–Crippen MR) is 146 cm³/mol. The number of methoxy groups -OCH3 is 1. The van der Waals surface area contributed by atoms with Crippen LogP contribution in [0.4, 0.5) is 5.69 Å². The van der Waals surface area contributed by atoms with Gasteiger partial charge in [0.15, 0.2) is 0 Å². The molecule has 0 saturated heterocycles. The Bertz CT molecular complexity index is 1570. The number of nitrogens with zero attached hydrogens (tertiary/aromatic N) is 4. The number of nitrogens with one attached hydrogen (secondary N) is 3. The molecule has 0 radical (unpaired) electrons. The van der Waals surface area contributed by atoms with Gasteiger partial charge < -0.3 is 19.8 Å². The Kier molecular flexibility index (Phi) is 7.58. The van der Waals surface area contributed by atoms with Crippen molar-refractivity contribution in [2.45, 2.75) is 13.2 Å². The van der Waals surface area contributed by atoms with Crippen LogP contribution < -0.4 is 20.2 Å². The van der Waals surface area contributed by atoms with E-state index in [0.29, 0.717) is 28.6 Å². The molecular weight excluding hydrogens is 498 g/mol. The van der Waals surface area contributed by atoms with Gasteiger partial charge in [-0.05, 0) is 66.2 Å². The maximum atomic E-state index is 12.3. The summed E-state index contributed by atoms with van der Waals surface area (Å²) >= 11 is 0. The Hall–Kier alpha value is -5.45. The van der Waals surface area contributed by atoms with Gasteiger partial charge >= 0.3 is 0 Å². The molecule has 0 unspecified atom stereocenters. The lowest BCUT2D eigenvalue weighted by atomic mass is 10.2. The molecule has 0 spiro atoms. The van der Waals surface area contributed by atoms with E-state index in [0.717, 1.165) is 16.5 Å². The maximum absolute atomic E-state index is 12.3. The van der Waals surface area contributed by atoms with E-state index in [1.54, 1.807) is 62.0 Å². The number of aromatic nitrogens is 4. The van der Waals surface area contributed by atoms with E-state index < -0.39 is 0 Å². The summed E-state index contributed by atoms with van der Waals surface area (Å²) in [6.07, 6.45) is 3.21. The van der Waals surface area contributed by atoms with E-state index in [4.69, 9.17) is 9.47 Å². The smallest absolute Gasteiger partial charge is 0.287 e. The minimum atomic E-state index is -0.325. The number of hydrazone groups is 1. The Morgan fingerprint density at radius 2 is 1.79 bits per heavy atom. The Morgan fingerprint density at radius 3 is 2.56 bits per heavy atom. The first-order chi connectivity index (χ1) is 19.1. The van der Waals surface area contributed by atoms with Gasteiger partial charge in [0.05, 0.1) is 19.5 Å². The zero-order valence-corrected chi connectivity index (χ0v) is 21.0. The molecule has 2 heterocycles.